The molecule has 2 aromatic rings. The Morgan fingerprint density at radius 1 is 1.33 bits per heavy atom. The fourth-order valence-electron chi connectivity index (χ4n) is 3.35. The highest BCUT2D eigenvalue weighted by atomic mass is 127. The molecule has 10 heteroatoms. The SMILES string of the molecule is CCNC(=NCC(OC)c1ccc(F)cc1)NC1CCc2nc(COC)nn2C1.I. The summed E-state index contributed by atoms with van der Waals surface area (Å²) >= 11 is 0. The van der Waals surface area contributed by atoms with Crippen molar-refractivity contribution in [1.82, 2.24) is 25.4 Å². The first-order valence-corrected chi connectivity index (χ1v) is 9.87. The van der Waals surface area contributed by atoms with Crippen molar-refractivity contribution in [2.24, 2.45) is 4.99 Å². The maximum absolute atomic E-state index is 13.2. The highest BCUT2D eigenvalue weighted by Crippen LogP contribution is 2.18. The maximum Gasteiger partial charge on any atom is 0.191 e. The fourth-order valence-corrected chi connectivity index (χ4v) is 3.35. The van der Waals surface area contributed by atoms with Gasteiger partial charge < -0.3 is 20.1 Å². The quantitative estimate of drug-likeness (QED) is 0.309. The van der Waals surface area contributed by atoms with Gasteiger partial charge in [-0.05, 0) is 31.0 Å². The number of nitrogens with one attached hydrogen (secondary N) is 2. The largest absolute Gasteiger partial charge is 0.377 e. The van der Waals surface area contributed by atoms with Crippen molar-refractivity contribution in [3.8, 4) is 0 Å². The number of hydrogen-bond donors (Lipinski definition) is 2. The molecule has 1 aliphatic rings. The first kappa shape index (κ1) is 24.5. The van der Waals surface area contributed by atoms with Gasteiger partial charge in [0, 0.05) is 33.2 Å². The molecule has 1 aliphatic heterocycles. The number of methoxy groups -OCH3 is 2. The number of nitrogens with zero attached hydrogens (tertiary/aromatic N) is 4. The molecular formula is C20H30FIN6O2. The predicted molar refractivity (Wildman–Crippen MR) is 124 cm³/mol. The molecule has 2 heterocycles. The minimum Gasteiger partial charge on any atom is -0.377 e. The normalized spacial score (nSPS) is 17.1. The van der Waals surface area contributed by atoms with E-state index in [0.717, 1.165) is 43.3 Å². The number of hydrogen-bond acceptors (Lipinski definition) is 5. The Bertz CT molecular complexity index is 814. The number of ether oxygens (including phenoxy) is 2. The van der Waals surface area contributed by atoms with E-state index in [2.05, 4.69) is 25.7 Å². The van der Waals surface area contributed by atoms with Gasteiger partial charge in [-0.1, -0.05) is 12.1 Å². The van der Waals surface area contributed by atoms with Crippen molar-refractivity contribution in [2.45, 2.75) is 45.1 Å². The Morgan fingerprint density at radius 2 is 2.10 bits per heavy atom. The lowest BCUT2D eigenvalue weighted by molar-refractivity contribution is 0.111. The molecule has 1 aromatic heterocycles. The predicted octanol–water partition coefficient (Wildman–Crippen LogP) is 2.44. The van der Waals surface area contributed by atoms with Gasteiger partial charge in [0.15, 0.2) is 11.8 Å². The van der Waals surface area contributed by atoms with E-state index in [-0.39, 0.29) is 41.9 Å². The van der Waals surface area contributed by atoms with Crippen LogP contribution in [-0.4, -0.2) is 54.1 Å². The molecule has 1 aromatic carbocycles. The van der Waals surface area contributed by atoms with Crippen molar-refractivity contribution >= 4 is 29.9 Å². The van der Waals surface area contributed by atoms with Crippen molar-refractivity contribution in [3.63, 3.8) is 0 Å². The van der Waals surface area contributed by atoms with Crippen LogP contribution in [-0.2, 0) is 29.0 Å². The number of aromatic nitrogens is 3. The first-order valence-electron chi connectivity index (χ1n) is 9.87. The summed E-state index contributed by atoms with van der Waals surface area (Å²) in [5, 5.41) is 11.3. The average molecular weight is 532 g/mol. The summed E-state index contributed by atoms with van der Waals surface area (Å²) in [4.78, 5) is 9.19. The highest BCUT2D eigenvalue weighted by molar-refractivity contribution is 14.0. The van der Waals surface area contributed by atoms with Crippen LogP contribution in [0.1, 0.15) is 36.7 Å². The summed E-state index contributed by atoms with van der Waals surface area (Å²) < 4.78 is 25.8. The van der Waals surface area contributed by atoms with E-state index < -0.39 is 0 Å². The highest BCUT2D eigenvalue weighted by Gasteiger charge is 2.22. The molecule has 0 saturated heterocycles. The van der Waals surface area contributed by atoms with Crippen LogP contribution in [0.3, 0.4) is 0 Å². The number of rotatable bonds is 8. The molecular weight excluding hydrogens is 502 g/mol. The molecule has 0 spiro atoms. The lowest BCUT2D eigenvalue weighted by Crippen LogP contribution is -2.47. The number of guanidine groups is 1. The number of benzene rings is 1. The van der Waals surface area contributed by atoms with Gasteiger partial charge in [0.05, 0.1) is 13.1 Å². The van der Waals surface area contributed by atoms with Crippen molar-refractivity contribution < 1.29 is 13.9 Å². The van der Waals surface area contributed by atoms with Gasteiger partial charge in [-0.25, -0.2) is 14.1 Å². The number of aliphatic imine (C=N–C) groups is 1. The summed E-state index contributed by atoms with van der Waals surface area (Å²) in [6, 6.07) is 6.52. The summed E-state index contributed by atoms with van der Waals surface area (Å²) in [7, 11) is 3.28. The minimum atomic E-state index is -0.263. The topological polar surface area (TPSA) is 85.6 Å². The second-order valence-corrected chi connectivity index (χ2v) is 6.93. The van der Waals surface area contributed by atoms with Gasteiger partial charge >= 0.3 is 0 Å². The summed E-state index contributed by atoms with van der Waals surface area (Å²) in [5.41, 5.74) is 0.893. The molecule has 0 radical (unpaired) electrons. The summed E-state index contributed by atoms with van der Waals surface area (Å²) in [5.74, 6) is 2.17. The van der Waals surface area contributed by atoms with Crippen molar-refractivity contribution in [2.75, 3.05) is 27.3 Å². The third-order valence-corrected chi connectivity index (χ3v) is 4.80. The van der Waals surface area contributed by atoms with Crippen LogP contribution in [0.25, 0.3) is 0 Å². The maximum atomic E-state index is 13.2. The van der Waals surface area contributed by atoms with Gasteiger partial charge in [0.2, 0.25) is 0 Å². The first-order chi connectivity index (χ1) is 14.1. The molecule has 0 fully saturated rings. The van der Waals surface area contributed by atoms with E-state index in [4.69, 9.17) is 9.47 Å². The monoisotopic (exact) mass is 532 g/mol. The smallest absolute Gasteiger partial charge is 0.191 e. The van der Waals surface area contributed by atoms with Crippen LogP contribution in [0.15, 0.2) is 29.3 Å². The summed E-state index contributed by atoms with van der Waals surface area (Å²) in [6.45, 7) is 4.35. The lowest BCUT2D eigenvalue weighted by Gasteiger charge is -2.25. The van der Waals surface area contributed by atoms with Crippen LogP contribution in [0.5, 0.6) is 0 Å². The molecule has 0 aliphatic carbocycles. The molecule has 2 atom stereocenters. The Balaban J connectivity index is 0.00000320. The molecule has 3 rings (SSSR count). The van der Waals surface area contributed by atoms with Crippen molar-refractivity contribution in [3.05, 3.63) is 47.3 Å². The second kappa shape index (κ2) is 12.2. The molecule has 0 saturated carbocycles. The zero-order valence-corrected chi connectivity index (χ0v) is 19.9. The molecule has 30 heavy (non-hydrogen) atoms. The number of halogens is 2. The third-order valence-electron chi connectivity index (χ3n) is 4.80. The molecule has 2 unspecified atom stereocenters. The van der Waals surface area contributed by atoms with Crippen LogP contribution in [0.4, 0.5) is 4.39 Å². The summed E-state index contributed by atoms with van der Waals surface area (Å²) in [6.07, 6.45) is 1.56. The Hall–Kier alpha value is -1.79. The van der Waals surface area contributed by atoms with E-state index in [1.54, 1.807) is 26.4 Å². The third kappa shape index (κ3) is 6.61. The molecule has 0 bridgehead atoms. The van der Waals surface area contributed by atoms with E-state index >= 15 is 0 Å². The Labute approximate surface area is 193 Å². The van der Waals surface area contributed by atoms with Gasteiger partial charge in [-0.2, -0.15) is 5.10 Å². The zero-order chi connectivity index (χ0) is 20.6. The Kier molecular flexibility index (Phi) is 9.92. The molecule has 8 nitrogen and oxygen atoms in total. The van der Waals surface area contributed by atoms with Gasteiger partial charge in [-0.15, -0.1) is 24.0 Å². The number of fused-ring (bicyclic) bond motifs is 1. The average Bonchev–Trinajstić information content (AvgIpc) is 3.11. The Morgan fingerprint density at radius 3 is 2.77 bits per heavy atom. The zero-order valence-electron chi connectivity index (χ0n) is 17.6. The van der Waals surface area contributed by atoms with Crippen molar-refractivity contribution in [1.29, 1.82) is 0 Å². The minimum absolute atomic E-state index is 0. The molecule has 2 N–H and O–H groups in total. The van der Waals surface area contributed by atoms with E-state index in [0.29, 0.717) is 19.0 Å². The van der Waals surface area contributed by atoms with Crippen LogP contribution >= 0.6 is 24.0 Å². The van der Waals surface area contributed by atoms with Crippen LogP contribution < -0.4 is 10.6 Å². The molecule has 0 amide bonds. The standard InChI is InChI=1S/C20H29FN6O2.HI/c1-4-22-20(23-11-17(29-3)14-5-7-15(21)8-6-14)24-16-9-10-19-25-18(13-28-2)26-27(19)12-16;/h5-8,16-17H,4,9-13H2,1-3H3,(H2,22,23,24);1H. The lowest BCUT2D eigenvalue weighted by atomic mass is 10.1. The van der Waals surface area contributed by atoms with Crippen LogP contribution in [0, 0.1) is 5.82 Å². The fraction of sp³-hybridized carbons (Fsp3) is 0.550. The molecule has 166 valence electrons. The second-order valence-electron chi connectivity index (χ2n) is 6.93. The van der Waals surface area contributed by atoms with Gasteiger partial charge in [-0.3, -0.25) is 4.99 Å². The van der Waals surface area contributed by atoms with Gasteiger partial charge in [0.1, 0.15) is 24.4 Å². The van der Waals surface area contributed by atoms with Gasteiger partial charge in [0.25, 0.3) is 0 Å². The van der Waals surface area contributed by atoms with Crippen LogP contribution in [0.2, 0.25) is 0 Å². The van der Waals surface area contributed by atoms with E-state index in [1.165, 1.54) is 12.1 Å². The van der Waals surface area contributed by atoms with E-state index in [9.17, 15) is 4.39 Å². The van der Waals surface area contributed by atoms with E-state index in [1.807, 2.05) is 11.6 Å². The number of aryl methyl sites for hydroxylation is 1.